The number of carbonyl (C=O) groups excluding carboxylic acids is 2. The molecule has 0 bridgehead atoms. The molecule has 1 amide bonds. The molecule has 2 aromatic rings. The van der Waals surface area contributed by atoms with Crippen molar-refractivity contribution in [2.24, 2.45) is 0 Å². The molecule has 0 radical (unpaired) electrons. The van der Waals surface area contributed by atoms with Gasteiger partial charge in [0, 0.05) is 23.4 Å². The smallest absolute Gasteiger partial charge is 0.325 e. The highest BCUT2D eigenvalue weighted by Crippen LogP contribution is 2.17. The minimum absolute atomic E-state index is 0.141. The summed E-state index contributed by atoms with van der Waals surface area (Å²) in [5.41, 5.74) is 3.47. The number of esters is 1. The Kier molecular flexibility index (Phi) is 6.49. The Bertz CT molecular complexity index is 913. The third kappa shape index (κ3) is 4.81. The van der Waals surface area contributed by atoms with E-state index in [9.17, 15) is 14.4 Å². The molecule has 0 fully saturated rings. The van der Waals surface area contributed by atoms with Crippen LogP contribution >= 0.6 is 0 Å². The quantitative estimate of drug-likeness (QED) is 0.691. The molecule has 0 atom stereocenters. The van der Waals surface area contributed by atoms with Crippen LogP contribution in [0.1, 0.15) is 41.6 Å². The Morgan fingerprint density at radius 3 is 2.52 bits per heavy atom. The zero-order chi connectivity index (χ0) is 20.1. The molecule has 0 aliphatic heterocycles. The average molecular weight is 375 g/mol. The molecular formula is C18H25N5O4. The van der Waals surface area contributed by atoms with E-state index >= 15 is 0 Å². The lowest BCUT2D eigenvalue weighted by molar-refractivity contribution is -0.143. The number of nitrogens with one attached hydrogen (secondary N) is 2. The van der Waals surface area contributed by atoms with Gasteiger partial charge in [0.15, 0.2) is 0 Å². The maximum absolute atomic E-state index is 12.0. The van der Waals surface area contributed by atoms with Gasteiger partial charge >= 0.3 is 5.97 Å². The van der Waals surface area contributed by atoms with Gasteiger partial charge in [-0.05, 0) is 46.6 Å². The second-order valence-corrected chi connectivity index (χ2v) is 6.24. The van der Waals surface area contributed by atoms with Crippen LogP contribution in [0.25, 0.3) is 5.95 Å². The molecule has 0 unspecified atom stereocenters. The van der Waals surface area contributed by atoms with Crippen molar-refractivity contribution >= 4 is 11.9 Å². The van der Waals surface area contributed by atoms with E-state index in [1.165, 1.54) is 0 Å². The first-order valence-electron chi connectivity index (χ1n) is 8.79. The van der Waals surface area contributed by atoms with E-state index in [0.29, 0.717) is 23.6 Å². The van der Waals surface area contributed by atoms with Crippen LogP contribution in [0.3, 0.4) is 0 Å². The average Bonchev–Trinajstić information content (AvgIpc) is 2.90. The van der Waals surface area contributed by atoms with Crippen LogP contribution in [0.4, 0.5) is 0 Å². The molecule has 2 rings (SSSR count). The summed E-state index contributed by atoms with van der Waals surface area (Å²) in [6.45, 7) is 9.04. The van der Waals surface area contributed by atoms with E-state index in [2.05, 4.69) is 20.4 Å². The van der Waals surface area contributed by atoms with E-state index in [1.54, 1.807) is 25.5 Å². The van der Waals surface area contributed by atoms with Gasteiger partial charge in [0.25, 0.3) is 5.56 Å². The number of nitrogens with zero attached hydrogens (tertiary/aromatic N) is 3. The van der Waals surface area contributed by atoms with E-state index in [1.807, 2.05) is 13.8 Å². The number of amides is 1. The maximum atomic E-state index is 12.0. The van der Waals surface area contributed by atoms with Crippen molar-refractivity contribution in [1.29, 1.82) is 0 Å². The Morgan fingerprint density at radius 2 is 1.89 bits per heavy atom. The summed E-state index contributed by atoms with van der Waals surface area (Å²) >= 11 is 0. The maximum Gasteiger partial charge on any atom is 0.325 e. The van der Waals surface area contributed by atoms with Gasteiger partial charge in [-0.1, -0.05) is 0 Å². The molecule has 0 saturated heterocycles. The van der Waals surface area contributed by atoms with E-state index in [0.717, 1.165) is 17.0 Å². The number of hydrogen-bond donors (Lipinski definition) is 2. The van der Waals surface area contributed by atoms with Gasteiger partial charge in [-0.3, -0.25) is 19.4 Å². The van der Waals surface area contributed by atoms with Crippen LogP contribution < -0.4 is 10.9 Å². The molecule has 2 aromatic heterocycles. The first kappa shape index (κ1) is 20.3. The fraction of sp³-hybridized carbons (Fsp3) is 0.500. The van der Waals surface area contributed by atoms with Crippen LogP contribution in [-0.2, 0) is 20.7 Å². The largest absolute Gasteiger partial charge is 0.465 e. The molecule has 2 heterocycles. The minimum Gasteiger partial charge on any atom is -0.465 e. The first-order chi connectivity index (χ1) is 12.7. The number of H-pyrrole nitrogens is 1. The van der Waals surface area contributed by atoms with Crippen LogP contribution in [0.5, 0.6) is 0 Å². The second-order valence-electron chi connectivity index (χ2n) is 6.24. The zero-order valence-electron chi connectivity index (χ0n) is 16.3. The Hall–Kier alpha value is -2.97. The fourth-order valence-corrected chi connectivity index (χ4v) is 2.68. The lowest BCUT2D eigenvalue weighted by Gasteiger charge is -2.07. The molecule has 146 valence electrons. The predicted octanol–water partition coefficient (Wildman–Crippen LogP) is 0.801. The molecule has 0 aliphatic rings. The summed E-state index contributed by atoms with van der Waals surface area (Å²) in [6, 6.07) is 0. The minimum atomic E-state index is -0.462. The fourth-order valence-electron chi connectivity index (χ4n) is 2.68. The molecule has 27 heavy (non-hydrogen) atoms. The molecule has 9 nitrogen and oxygen atoms in total. The third-order valence-electron chi connectivity index (χ3n) is 4.36. The molecule has 9 heteroatoms. The van der Waals surface area contributed by atoms with Crippen molar-refractivity contribution in [2.45, 2.75) is 47.5 Å². The van der Waals surface area contributed by atoms with Crippen molar-refractivity contribution in [3.8, 4) is 5.95 Å². The van der Waals surface area contributed by atoms with Gasteiger partial charge in [-0.25, -0.2) is 9.67 Å². The number of aromatic nitrogens is 4. The highest BCUT2D eigenvalue weighted by molar-refractivity contribution is 5.82. The Balaban J connectivity index is 2.11. The lowest BCUT2D eigenvalue weighted by atomic mass is 10.1. The van der Waals surface area contributed by atoms with E-state index in [4.69, 9.17) is 4.74 Å². The van der Waals surface area contributed by atoms with Gasteiger partial charge in [0.2, 0.25) is 11.9 Å². The van der Waals surface area contributed by atoms with E-state index in [-0.39, 0.29) is 31.0 Å². The Morgan fingerprint density at radius 1 is 1.19 bits per heavy atom. The summed E-state index contributed by atoms with van der Waals surface area (Å²) < 4.78 is 6.35. The molecular weight excluding hydrogens is 350 g/mol. The number of hydrogen-bond acceptors (Lipinski definition) is 6. The number of ether oxygens (including phenoxy) is 1. The van der Waals surface area contributed by atoms with Crippen LogP contribution in [0.15, 0.2) is 4.79 Å². The van der Waals surface area contributed by atoms with Crippen LogP contribution in [0, 0.1) is 27.7 Å². The lowest BCUT2D eigenvalue weighted by Crippen LogP contribution is -2.30. The van der Waals surface area contributed by atoms with Crippen molar-refractivity contribution in [1.82, 2.24) is 25.1 Å². The topological polar surface area (TPSA) is 119 Å². The number of aromatic amines is 1. The summed E-state index contributed by atoms with van der Waals surface area (Å²) in [5, 5.41) is 6.98. The molecule has 0 aliphatic carbocycles. The van der Waals surface area contributed by atoms with Crippen LogP contribution in [-0.4, -0.2) is 44.8 Å². The highest BCUT2D eigenvalue weighted by Gasteiger charge is 2.16. The summed E-state index contributed by atoms with van der Waals surface area (Å²) in [4.78, 5) is 42.3. The summed E-state index contributed by atoms with van der Waals surface area (Å²) in [6.07, 6.45) is 0.672. The monoisotopic (exact) mass is 375 g/mol. The number of rotatable bonds is 7. The summed E-state index contributed by atoms with van der Waals surface area (Å²) in [5.74, 6) is -0.357. The standard InChI is InChI=1S/C18H25N5O4/c1-6-27-16(25)9-19-15(24)8-7-14-12(4)22-23(13(14)5)18-20-11(3)10(2)17(26)21-18/h6-9H2,1-5H3,(H,19,24)(H,20,21,26). The number of aryl methyl sites for hydroxylation is 2. The predicted molar refractivity (Wildman–Crippen MR) is 98.9 cm³/mol. The molecule has 0 saturated carbocycles. The first-order valence-corrected chi connectivity index (χ1v) is 8.79. The van der Waals surface area contributed by atoms with Gasteiger partial charge in [-0.2, -0.15) is 5.10 Å². The SMILES string of the molecule is CCOC(=O)CNC(=O)CCc1c(C)nn(-c2nc(C)c(C)c(=O)[nH]2)c1C. The Labute approximate surface area is 157 Å². The van der Waals surface area contributed by atoms with Crippen molar-refractivity contribution in [3.05, 3.63) is 38.6 Å². The van der Waals surface area contributed by atoms with Gasteiger partial charge in [0.1, 0.15) is 6.54 Å². The van der Waals surface area contributed by atoms with Gasteiger partial charge in [-0.15, -0.1) is 0 Å². The van der Waals surface area contributed by atoms with Crippen molar-refractivity contribution < 1.29 is 14.3 Å². The van der Waals surface area contributed by atoms with Crippen molar-refractivity contribution in [2.75, 3.05) is 13.2 Å². The molecule has 2 N–H and O–H groups in total. The summed E-state index contributed by atoms with van der Waals surface area (Å²) in [7, 11) is 0. The third-order valence-corrected chi connectivity index (χ3v) is 4.36. The van der Waals surface area contributed by atoms with Gasteiger partial charge < -0.3 is 10.1 Å². The number of carbonyl (C=O) groups is 2. The zero-order valence-corrected chi connectivity index (χ0v) is 16.3. The van der Waals surface area contributed by atoms with Crippen molar-refractivity contribution in [3.63, 3.8) is 0 Å². The van der Waals surface area contributed by atoms with Crippen LogP contribution in [0.2, 0.25) is 0 Å². The highest BCUT2D eigenvalue weighted by atomic mass is 16.5. The van der Waals surface area contributed by atoms with Gasteiger partial charge in [0.05, 0.1) is 12.3 Å². The molecule has 0 spiro atoms. The van der Waals surface area contributed by atoms with E-state index < -0.39 is 5.97 Å². The normalized spacial score (nSPS) is 10.7. The molecule has 0 aromatic carbocycles. The second kappa shape index (κ2) is 8.61.